The molecular weight excluding hydrogens is 322 g/mol. The summed E-state index contributed by atoms with van der Waals surface area (Å²) in [6, 6.07) is 20.5. The van der Waals surface area contributed by atoms with Crippen molar-refractivity contribution in [3.8, 4) is 11.5 Å². The Hall–Kier alpha value is -2.52. The van der Waals surface area contributed by atoms with Crippen molar-refractivity contribution < 1.29 is 9.47 Å². The normalized spacial score (nSPS) is 11.5. The van der Waals surface area contributed by atoms with Crippen molar-refractivity contribution in [3.05, 3.63) is 71.8 Å². The van der Waals surface area contributed by atoms with Gasteiger partial charge in [0.2, 0.25) is 0 Å². The summed E-state index contributed by atoms with van der Waals surface area (Å²) >= 11 is 0. The standard InChI is InChI=1S/C23H27NO2/c1-23(2,3)20-10-6-7-11-22(20)26-15-14-25-21-13-12-17-8-4-5-9-18(17)19(21)16-24/h4-13H,14-16,24H2,1-3H3. The second-order valence-electron chi connectivity index (χ2n) is 7.41. The molecule has 0 aliphatic heterocycles. The highest BCUT2D eigenvalue weighted by molar-refractivity contribution is 5.87. The largest absolute Gasteiger partial charge is 0.490 e. The monoisotopic (exact) mass is 349 g/mol. The van der Waals surface area contributed by atoms with Crippen LogP contribution in [0, 0.1) is 0 Å². The number of hydrogen-bond acceptors (Lipinski definition) is 3. The van der Waals surface area contributed by atoms with Gasteiger partial charge < -0.3 is 15.2 Å². The molecule has 0 atom stereocenters. The van der Waals surface area contributed by atoms with E-state index < -0.39 is 0 Å². The Morgan fingerprint density at radius 2 is 1.42 bits per heavy atom. The molecule has 0 heterocycles. The molecule has 0 aromatic heterocycles. The number of benzene rings is 3. The Kier molecular flexibility index (Phi) is 5.48. The molecule has 3 rings (SSSR count). The summed E-state index contributed by atoms with van der Waals surface area (Å²) in [4.78, 5) is 0. The van der Waals surface area contributed by atoms with Gasteiger partial charge in [0.15, 0.2) is 0 Å². The molecule has 0 fully saturated rings. The lowest BCUT2D eigenvalue weighted by Crippen LogP contribution is -2.16. The summed E-state index contributed by atoms with van der Waals surface area (Å²) in [6.45, 7) is 7.98. The van der Waals surface area contributed by atoms with Crippen LogP contribution in [0.1, 0.15) is 31.9 Å². The fraction of sp³-hybridized carbons (Fsp3) is 0.304. The number of hydrogen-bond donors (Lipinski definition) is 1. The lowest BCUT2D eigenvalue weighted by atomic mass is 9.86. The molecule has 0 aliphatic rings. The Bertz CT molecular complexity index is 881. The summed E-state index contributed by atoms with van der Waals surface area (Å²) in [6.07, 6.45) is 0. The highest BCUT2D eigenvalue weighted by Gasteiger charge is 2.18. The molecule has 26 heavy (non-hydrogen) atoms. The fourth-order valence-electron chi connectivity index (χ4n) is 3.18. The average molecular weight is 349 g/mol. The lowest BCUT2D eigenvalue weighted by Gasteiger charge is -2.22. The lowest BCUT2D eigenvalue weighted by molar-refractivity contribution is 0.213. The zero-order valence-electron chi connectivity index (χ0n) is 15.8. The van der Waals surface area contributed by atoms with Crippen molar-refractivity contribution in [2.45, 2.75) is 32.7 Å². The van der Waals surface area contributed by atoms with Gasteiger partial charge in [-0.15, -0.1) is 0 Å². The van der Waals surface area contributed by atoms with E-state index in [1.165, 1.54) is 10.9 Å². The van der Waals surface area contributed by atoms with Crippen LogP contribution < -0.4 is 15.2 Å². The van der Waals surface area contributed by atoms with Gasteiger partial charge in [-0.05, 0) is 33.9 Å². The van der Waals surface area contributed by atoms with Crippen LogP contribution in [0.25, 0.3) is 10.8 Å². The minimum Gasteiger partial charge on any atom is -0.490 e. The Labute approximate surface area is 155 Å². The maximum absolute atomic E-state index is 5.99. The Morgan fingerprint density at radius 1 is 0.769 bits per heavy atom. The molecule has 0 bridgehead atoms. The van der Waals surface area contributed by atoms with Crippen LogP contribution in [0.3, 0.4) is 0 Å². The van der Waals surface area contributed by atoms with Crippen LogP contribution in [-0.4, -0.2) is 13.2 Å². The highest BCUT2D eigenvalue weighted by atomic mass is 16.5. The van der Waals surface area contributed by atoms with Crippen molar-refractivity contribution in [1.29, 1.82) is 0 Å². The van der Waals surface area contributed by atoms with Gasteiger partial charge >= 0.3 is 0 Å². The van der Waals surface area contributed by atoms with Crippen LogP contribution in [0.4, 0.5) is 0 Å². The molecule has 3 nitrogen and oxygen atoms in total. The molecule has 3 aromatic carbocycles. The van der Waals surface area contributed by atoms with Crippen molar-refractivity contribution >= 4 is 10.8 Å². The van der Waals surface area contributed by atoms with Gasteiger partial charge in [-0.1, -0.05) is 69.3 Å². The molecule has 0 aliphatic carbocycles. The maximum Gasteiger partial charge on any atom is 0.124 e. The molecule has 0 unspecified atom stereocenters. The van der Waals surface area contributed by atoms with Crippen LogP contribution in [-0.2, 0) is 12.0 Å². The third-order valence-electron chi connectivity index (χ3n) is 4.50. The number of ether oxygens (including phenoxy) is 2. The third-order valence-corrected chi connectivity index (χ3v) is 4.50. The molecular formula is C23H27NO2. The summed E-state index contributed by atoms with van der Waals surface area (Å²) in [5.74, 6) is 1.75. The van der Waals surface area contributed by atoms with Gasteiger partial charge in [-0.2, -0.15) is 0 Å². The zero-order chi connectivity index (χ0) is 18.6. The predicted molar refractivity (Wildman–Crippen MR) is 108 cm³/mol. The van der Waals surface area contributed by atoms with Gasteiger partial charge in [0.25, 0.3) is 0 Å². The van der Waals surface area contributed by atoms with Gasteiger partial charge in [-0.25, -0.2) is 0 Å². The first-order valence-electron chi connectivity index (χ1n) is 9.06. The average Bonchev–Trinajstić information content (AvgIpc) is 2.64. The van der Waals surface area contributed by atoms with E-state index in [1.54, 1.807) is 0 Å². The topological polar surface area (TPSA) is 44.5 Å². The number of para-hydroxylation sites is 1. The van der Waals surface area contributed by atoms with E-state index in [1.807, 2.05) is 36.4 Å². The molecule has 0 saturated heterocycles. The van der Waals surface area contributed by atoms with E-state index in [0.717, 1.165) is 22.4 Å². The van der Waals surface area contributed by atoms with Crippen molar-refractivity contribution in [1.82, 2.24) is 0 Å². The first-order valence-corrected chi connectivity index (χ1v) is 9.06. The van der Waals surface area contributed by atoms with Gasteiger partial charge in [0, 0.05) is 12.1 Å². The van der Waals surface area contributed by atoms with Gasteiger partial charge in [0.1, 0.15) is 24.7 Å². The quantitative estimate of drug-likeness (QED) is 0.633. The first-order chi connectivity index (χ1) is 12.5. The highest BCUT2D eigenvalue weighted by Crippen LogP contribution is 2.31. The van der Waals surface area contributed by atoms with E-state index in [9.17, 15) is 0 Å². The number of nitrogens with two attached hydrogens (primary N) is 1. The summed E-state index contributed by atoms with van der Waals surface area (Å²) < 4.78 is 12.0. The smallest absolute Gasteiger partial charge is 0.124 e. The second kappa shape index (κ2) is 7.79. The van der Waals surface area contributed by atoms with E-state index in [4.69, 9.17) is 15.2 Å². The minimum absolute atomic E-state index is 0.0442. The minimum atomic E-state index is 0.0442. The van der Waals surface area contributed by atoms with Crippen molar-refractivity contribution in [2.24, 2.45) is 5.73 Å². The van der Waals surface area contributed by atoms with E-state index in [-0.39, 0.29) is 5.41 Å². The molecule has 3 aromatic rings. The first kappa shape index (κ1) is 18.3. The maximum atomic E-state index is 5.99. The Balaban J connectivity index is 1.67. The molecule has 0 saturated carbocycles. The van der Waals surface area contributed by atoms with Crippen LogP contribution in [0.5, 0.6) is 11.5 Å². The summed E-state index contributed by atoms with van der Waals surface area (Å²) in [7, 11) is 0. The number of rotatable bonds is 6. The van der Waals surface area contributed by atoms with E-state index in [0.29, 0.717) is 19.8 Å². The van der Waals surface area contributed by atoms with Crippen molar-refractivity contribution in [3.63, 3.8) is 0 Å². The van der Waals surface area contributed by atoms with Crippen molar-refractivity contribution in [2.75, 3.05) is 13.2 Å². The molecule has 0 radical (unpaired) electrons. The summed E-state index contributed by atoms with van der Waals surface area (Å²) in [5, 5.41) is 2.32. The molecule has 0 amide bonds. The Morgan fingerprint density at radius 3 is 2.15 bits per heavy atom. The molecule has 2 N–H and O–H groups in total. The van der Waals surface area contributed by atoms with Crippen LogP contribution in [0.15, 0.2) is 60.7 Å². The molecule has 136 valence electrons. The second-order valence-corrected chi connectivity index (χ2v) is 7.41. The van der Waals surface area contributed by atoms with Gasteiger partial charge in [0.05, 0.1) is 0 Å². The fourth-order valence-corrected chi connectivity index (χ4v) is 3.18. The van der Waals surface area contributed by atoms with Gasteiger partial charge in [-0.3, -0.25) is 0 Å². The third kappa shape index (κ3) is 4.00. The SMILES string of the molecule is CC(C)(C)c1ccccc1OCCOc1ccc2ccccc2c1CN. The molecule has 0 spiro atoms. The zero-order valence-corrected chi connectivity index (χ0v) is 15.8. The van der Waals surface area contributed by atoms with Crippen LogP contribution >= 0.6 is 0 Å². The van der Waals surface area contributed by atoms with Crippen LogP contribution in [0.2, 0.25) is 0 Å². The molecule has 3 heteroatoms. The van der Waals surface area contributed by atoms with E-state index in [2.05, 4.69) is 45.0 Å². The summed E-state index contributed by atoms with van der Waals surface area (Å²) in [5.41, 5.74) is 8.25. The number of fused-ring (bicyclic) bond motifs is 1. The predicted octanol–water partition coefficient (Wildman–Crippen LogP) is 5.05. The van der Waals surface area contributed by atoms with E-state index >= 15 is 0 Å².